The number of phenolic OH excluding ortho intramolecular Hbond substituents is 3. The van der Waals surface area contributed by atoms with Crippen LogP contribution < -0.4 is 4.74 Å². The number of oxazole rings is 1. The largest absolute Gasteiger partial charge is 0.504 e. The lowest BCUT2D eigenvalue weighted by Crippen LogP contribution is -2.07. The lowest BCUT2D eigenvalue weighted by molar-refractivity contribution is 0.100. The van der Waals surface area contributed by atoms with Gasteiger partial charge >= 0.3 is 0 Å². The van der Waals surface area contributed by atoms with Gasteiger partial charge in [0, 0.05) is 5.56 Å². The van der Waals surface area contributed by atoms with E-state index in [2.05, 4.69) is 4.98 Å². The van der Waals surface area contributed by atoms with Gasteiger partial charge in [0.2, 0.25) is 5.75 Å². The molecule has 0 aliphatic rings. The van der Waals surface area contributed by atoms with E-state index in [4.69, 9.17) is 9.15 Å². The fraction of sp³-hybridized carbons (Fsp3) is 0. The minimum absolute atomic E-state index is 0.158. The van der Waals surface area contributed by atoms with Crippen molar-refractivity contribution in [2.75, 3.05) is 0 Å². The number of aromatic nitrogens is 1. The van der Waals surface area contributed by atoms with Crippen molar-refractivity contribution in [2.24, 2.45) is 0 Å². The molecule has 1 heterocycles. The summed E-state index contributed by atoms with van der Waals surface area (Å²) in [5.74, 6) is -3.53. The van der Waals surface area contributed by atoms with Crippen LogP contribution in [0.15, 0.2) is 89.3 Å². The number of rotatable bonds is 6. The number of fused-ring (bicyclic) bond motifs is 1. The molecule has 0 aliphatic heterocycles. The average Bonchev–Trinajstić information content (AvgIpc) is 3.32. The first-order valence-electron chi connectivity index (χ1n) is 10.5. The molecular weight excluding hydrogens is 450 g/mol. The summed E-state index contributed by atoms with van der Waals surface area (Å²) in [6, 6.07) is 22.9. The van der Waals surface area contributed by atoms with Crippen LogP contribution in [0.5, 0.6) is 28.7 Å². The molecule has 0 fully saturated rings. The van der Waals surface area contributed by atoms with Crippen molar-refractivity contribution in [1.29, 1.82) is 0 Å². The van der Waals surface area contributed by atoms with Crippen LogP contribution >= 0.6 is 0 Å². The summed E-state index contributed by atoms with van der Waals surface area (Å²) in [4.78, 5) is 30.2. The van der Waals surface area contributed by atoms with E-state index in [0.717, 1.165) is 6.07 Å². The Balaban J connectivity index is 1.47. The van der Waals surface area contributed by atoms with E-state index in [1.807, 2.05) is 18.2 Å². The molecule has 5 rings (SSSR count). The second-order valence-electron chi connectivity index (χ2n) is 7.60. The molecule has 0 saturated carbocycles. The Hall–Kier alpha value is -5.11. The summed E-state index contributed by atoms with van der Waals surface area (Å²) in [6.45, 7) is 0. The van der Waals surface area contributed by atoms with Gasteiger partial charge in [-0.3, -0.25) is 9.59 Å². The van der Waals surface area contributed by atoms with Gasteiger partial charge in [0.1, 0.15) is 17.0 Å². The summed E-state index contributed by atoms with van der Waals surface area (Å²) >= 11 is 0. The molecule has 0 aliphatic carbocycles. The van der Waals surface area contributed by atoms with Crippen molar-refractivity contribution in [3.63, 3.8) is 0 Å². The summed E-state index contributed by atoms with van der Waals surface area (Å²) in [5.41, 5.74) is 0.113. The first-order valence-corrected chi connectivity index (χ1v) is 10.5. The number of hydrogen-bond acceptors (Lipinski definition) is 8. The van der Waals surface area contributed by atoms with E-state index >= 15 is 0 Å². The monoisotopic (exact) mass is 467 g/mol. The number of hydrogen-bond donors (Lipinski definition) is 3. The standard InChI is InChI=1S/C27H17NO7/c29-22(15-10-12-17(13-11-15)34-16-6-2-1-3-7-16)18-14-19(24(31)26(33)23(18)30)25(32)27-28-20-8-4-5-9-21(20)35-27/h1-14,30-31,33H. The molecule has 4 aromatic carbocycles. The number of ether oxygens (including phenoxy) is 1. The van der Waals surface area contributed by atoms with Gasteiger partial charge < -0.3 is 24.5 Å². The van der Waals surface area contributed by atoms with Crippen molar-refractivity contribution < 1.29 is 34.1 Å². The highest BCUT2D eigenvalue weighted by Gasteiger charge is 2.28. The van der Waals surface area contributed by atoms with E-state index in [1.165, 1.54) is 12.1 Å². The average molecular weight is 467 g/mol. The lowest BCUT2D eigenvalue weighted by Gasteiger charge is -2.11. The zero-order valence-corrected chi connectivity index (χ0v) is 18.0. The van der Waals surface area contributed by atoms with Crippen molar-refractivity contribution in [3.8, 4) is 28.7 Å². The number of carbonyl (C=O) groups excluding carboxylic acids is 2. The normalized spacial score (nSPS) is 10.9. The molecule has 0 spiro atoms. The predicted molar refractivity (Wildman–Crippen MR) is 125 cm³/mol. The first-order chi connectivity index (χ1) is 16.9. The van der Waals surface area contributed by atoms with Crippen LogP contribution in [0.3, 0.4) is 0 Å². The van der Waals surface area contributed by atoms with Gasteiger partial charge in [-0.2, -0.15) is 0 Å². The van der Waals surface area contributed by atoms with Crippen LogP contribution in [0, 0.1) is 0 Å². The molecule has 3 N–H and O–H groups in total. The molecule has 0 saturated heterocycles. The quantitative estimate of drug-likeness (QED) is 0.229. The zero-order chi connectivity index (χ0) is 24.5. The number of ketones is 2. The summed E-state index contributed by atoms with van der Waals surface area (Å²) in [5, 5.41) is 30.9. The maximum Gasteiger partial charge on any atom is 0.269 e. The molecule has 0 unspecified atom stereocenters. The third-order valence-electron chi connectivity index (χ3n) is 5.32. The maximum absolute atomic E-state index is 13.1. The maximum atomic E-state index is 13.1. The topological polar surface area (TPSA) is 130 Å². The van der Waals surface area contributed by atoms with Crippen LogP contribution in [0.25, 0.3) is 11.1 Å². The Bertz CT molecular complexity index is 1540. The minimum atomic E-state index is -1.00. The third-order valence-corrected chi connectivity index (χ3v) is 5.32. The SMILES string of the molecule is O=C(c1ccc(Oc2ccccc2)cc1)c1cc(C(=O)c2nc3ccccc3o2)c(O)c(O)c1O. The van der Waals surface area contributed by atoms with Gasteiger partial charge in [-0.25, -0.2) is 4.98 Å². The van der Waals surface area contributed by atoms with Gasteiger partial charge in [0.15, 0.2) is 22.9 Å². The Labute approximate surface area is 198 Å². The number of nitrogens with zero attached hydrogens (tertiary/aromatic N) is 1. The van der Waals surface area contributed by atoms with Gasteiger partial charge in [-0.15, -0.1) is 0 Å². The molecule has 0 atom stereocenters. The van der Waals surface area contributed by atoms with E-state index in [-0.39, 0.29) is 17.0 Å². The molecule has 0 amide bonds. The van der Waals surface area contributed by atoms with Crippen molar-refractivity contribution in [1.82, 2.24) is 4.98 Å². The van der Waals surface area contributed by atoms with E-state index in [0.29, 0.717) is 22.6 Å². The van der Waals surface area contributed by atoms with Crippen molar-refractivity contribution in [3.05, 3.63) is 108 Å². The Morgan fingerprint density at radius 1 is 0.686 bits per heavy atom. The number of carbonyl (C=O) groups is 2. The third kappa shape index (κ3) is 4.04. The second kappa shape index (κ2) is 8.68. The summed E-state index contributed by atoms with van der Waals surface area (Å²) in [7, 11) is 0. The fourth-order valence-electron chi connectivity index (χ4n) is 3.53. The smallest absolute Gasteiger partial charge is 0.269 e. The molecule has 0 bridgehead atoms. The summed E-state index contributed by atoms with van der Waals surface area (Å²) in [6.07, 6.45) is 0. The first kappa shape index (κ1) is 21.7. The molecule has 8 nitrogen and oxygen atoms in total. The number of phenols is 3. The Kier molecular flexibility index (Phi) is 5.39. The van der Waals surface area contributed by atoms with Gasteiger partial charge in [-0.1, -0.05) is 30.3 Å². The number of para-hydroxylation sites is 3. The highest BCUT2D eigenvalue weighted by molar-refractivity contribution is 6.15. The van der Waals surface area contributed by atoms with Gasteiger partial charge in [0.05, 0.1) is 11.1 Å². The molecule has 5 aromatic rings. The van der Waals surface area contributed by atoms with E-state index in [1.54, 1.807) is 48.5 Å². The van der Waals surface area contributed by atoms with Crippen LogP contribution in [0.1, 0.15) is 32.2 Å². The van der Waals surface area contributed by atoms with E-state index in [9.17, 15) is 24.9 Å². The van der Waals surface area contributed by atoms with Gasteiger partial charge in [-0.05, 0) is 54.6 Å². The summed E-state index contributed by atoms with van der Waals surface area (Å²) < 4.78 is 11.1. The highest BCUT2D eigenvalue weighted by atomic mass is 16.5. The lowest BCUT2D eigenvalue weighted by atomic mass is 9.97. The molecule has 8 heteroatoms. The van der Waals surface area contributed by atoms with Crippen LogP contribution in [0.4, 0.5) is 0 Å². The van der Waals surface area contributed by atoms with Crippen LogP contribution in [-0.4, -0.2) is 31.9 Å². The molecule has 1 aromatic heterocycles. The number of benzene rings is 4. The fourth-order valence-corrected chi connectivity index (χ4v) is 3.53. The molecule has 35 heavy (non-hydrogen) atoms. The Morgan fingerprint density at radius 2 is 1.29 bits per heavy atom. The highest BCUT2D eigenvalue weighted by Crippen LogP contribution is 2.42. The van der Waals surface area contributed by atoms with Crippen LogP contribution in [0.2, 0.25) is 0 Å². The zero-order valence-electron chi connectivity index (χ0n) is 18.0. The van der Waals surface area contributed by atoms with Crippen molar-refractivity contribution in [2.45, 2.75) is 0 Å². The molecular formula is C27H17NO7. The van der Waals surface area contributed by atoms with Crippen LogP contribution in [-0.2, 0) is 0 Å². The predicted octanol–water partition coefficient (Wildman–Crippen LogP) is 5.20. The molecule has 0 radical (unpaired) electrons. The van der Waals surface area contributed by atoms with E-state index < -0.39 is 34.4 Å². The second-order valence-corrected chi connectivity index (χ2v) is 7.60. The minimum Gasteiger partial charge on any atom is -0.504 e. The van der Waals surface area contributed by atoms with Crippen molar-refractivity contribution >= 4 is 22.7 Å². The van der Waals surface area contributed by atoms with Gasteiger partial charge in [0.25, 0.3) is 11.7 Å². The number of aromatic hydroxyl groups is 3. The Morgan fingerprint density at radius 3 is 1.97 bits per heavy atom. The molecule has 172 valence electrons.